The molecule has 0 unspecified atom stereocenters. The van der Waals surface area contributed by atoms with Crippen molar-refractivity contribution in [1.82, 2.24) is 5.32 Å². The number of hydrogen-bond acceptors (Lipinski definition) is 16. The number of nitrogens with one attached hydrogen (secondary N) is 1. The predicted molar refractivity (Wildman–Crippen MR) is 238 cm³/mol. The van der Waals surface area contributed by atoms with Crippen LogP contribution in [0.5, 0.6) is 0 Å². The van der Waals surface area contributed by atoms with Crippen molar-refractivity contribution in [2.75, 3.05) is 18.8 Å². The van der Waals surface area contributed by atoms with Crippen LogP contribution >= 0.6 is 11.8 Å². The highest BCUT2D eigenvalue weighted by Crippen LogP contribution is 2.66. The molecule has 66 heavy (non-hydrogen) atoms. The van der Waals surface area contributed by atoms with Gasteiger partial charge in [-0.25, -0.2) is 9.59 Å². The van der Waals surface area contributed by atoms with E-state index in [4.69, 9.17) is 34.2 Å². The van der Waals surface area contributed by atoms with E-state index in [0.29, 0.717) is 5.56 Å². The molecule has 3 aliphatic carbocycles. The van der Waals surface area contributed by atoms with Crippen molar-refractivity contribution in [3.8, 4) is 0 Å². The molecule has 1 heterocycles. The van der Waals surface area contributed by atoms with Crippen LogP contribution < -0.4 is 11.1 Å². The highest BCUT2D eigenvalue weighted by Gasteiger charge is 2.85. The van der Waals surface area contributed by atoms with Crippen molar-refractivity contribution in [3.05, 3.63) is 119 Å². The zero-order valence-corrected chi connectivity index (χ0v) is 38.6. The van der Waals surface area contributed by atoms with Crippen molar-refractivity contribution < 1.29 is 67.4 Å². The fourth-order valence-corrected chi connectivity index (χ4v) is 11.0. The van der Waals surface area contributed by atoms with Crippen molar-refractivity contribution in [3.63, 3.8) is 0 Å². The van der Waals surface area contributed by atoms with Crippen LogP contribution in [0, 0.1) is 10.8 Å². The van der Waals surface area contributed by atoms with Gasteiger partial charge in [-0.1, -0.05) is 80.6 Å². The van der Waals surface area contributed by atoms with Gasteiger partial charge < -0.3 is 49.7 Å². The predicted octanol–water partition coefficient (Wildman–Crippen LogP) is 4.16. The number of amides is 1. The highest BCUT2D eigenvalue weighted by molar-refractivity contribution is 7.98. The van der Waals surface area contributed by atoms with Gasteiger partial charge in [0.25, 0.3) is 5.91 Å². The Morgan fingerprint density at radius 1 is 0.879 bits per heavy atom. The molecule has 3 fully saturated rings. The molecule has 7 rings (SSSR count). The number of aliphatic hydroxyl groups excluding tert-OH is 1. The number of esters is 4. The summed E-state index contributed by atoms with van der Waals surface area (Å²) in [6, 6.07) is 22.9. The normalized spacial score (nSPS) is 31.8. The van der Waals surface area contributed by atoms with Crippen molar-refractivity contribution in [1.29, 1.82) is 0 Å². The van der Waals surface area contributed by atoms with Gasteiger partial charge in [0.15, 0.2) is 29.7 Å². The molecule has 352 valence electrons. The third-order valence-electron chi connectivity index (χ3n) is 14.2. The van der Waals surface area contributed by atoms with E-state index in [1.165, 1.54) is 30.8 Å². The third kappa shape index (κ3) is 7.82. The summed E-state index contributed by atoms with van der Waals surface area (Å²) in [7, 11) is 0. The summed E-state index contributed by atoms with van der Waals surface area (Å²) in [4.78, 5) is 85.1. The standard InChI is InChI=1S/C49H56N2O14S/c1-27-33(63-43(58)38(54)37(30-17-11-8-12-18-30)51-41(56)31-19-13-9-14-20-31)24-47(59)44(64-42(57)32-21-15-10-16-22-32)49(50)46(6,40(55)39(62-28(2)52)36(27)45(47,4)5)34(61-26-66-7)23-35-48(49,25-60-35)65-29(3)53/h8-22,33-35,37-39,44,54,59H,23-26,50H2,1-7H3,(H,51,56)/t33-,34-,35+,37-,38+,39+,44+,46-,47+,48-,49+/m0/s1. The van der Waals surface area contributed by atoms with Crippen molar-refractivity contribution in [2.45, 2.75) is 114 Å². The summed E-state index contributed by atoms with van der Waals surface area (Å²) in [5, 5.41) is 28.6. The molecule has 1 amide bonds. The molecule has 11 atom stereocenters. The first-order valence-corrected chi connectivity index (χ1v) is 23.0. The van der Waals surface area contributed by atoms with Crippen molar-refractivity contribution in [2.24, 2.45) is 16.6 Å². The maximum absolute atomic E-state index is 16.0. The number of nitrogens with two attached hydrogens (primary N) is 1. The number of thioether (sulfide) groups is 1. The molecule has 3 aromatic carbocycles. The summed E-state index contributed by atoms with van der Waals surface area (Å²) in [6.45, 7) is 7.97. The first-order chi connectivity index (χ1) is 31.2. The van der Waals surface area contributed by atoms with Gasteiger partial charge in [0, 0.05) is 37.7 Å². The van der Waals surface area contributed by atoms with Crippen molar-refractivity contribution >= 4 is 47.3 Å². The Balaban J connectivity index is 1.44. The number of fused-ring (bicyclic) bond motifs is 5. The number of carbonyl (C=O) groups excluding carboxylic acids is 6. The number of benzene rings is 3. The van der Waals surface area contributed by atoms with Crippen LogP contribution in [0.3, 0.4) is 0 Å². The largest absolute Gasteiger partial charge is 0.456 e. The lowest BCUT2D eigenvalue weighted by Crippen LogP contribution is -2.94. The summed E-state index contributed by atoms with van der Waals surface area (Å²) in [5.74, 6) is -5.33. The Morgan fingerprint density at radius 2 is 1.47 bits per heavy atom. The van der Waals surface area contributed by atoms with Crippen LogP contribution in [0.4, 0.5) is 0 Å². The molecule has 0 aromatic heterocycles. The van der Waals surface area contributed by atoms with Gasteiger partial charge in [-0.15, -0.1) is 11.8 Å². The first-order valence-electron chi connectivity index (χ1n) is 21.6. The zero-order valence-electron chi connectivity index (χ0n) is 37.8. The van der Waals surface area contributed by atoms with E-state index in [2.05, 4.69) is 5.32 Å². The van der Waals surface area contributed by atoms with Crippen LogP contribution in [-0.2, 0) is 47.6 Å². The minimum absolute atomic E-state index is 0.00176. The van der Waals surface area contributed by atoms with E-state index >= 15 is 4.79 Å². The molecule has 2 saturated carbocycles. The zero-order chi connectivity index (χ0) is 48.0. The maximum atomic E-state index is 16.0. The van der Waals surface area contributed by atoms with Gasteiger partial charge in [0.2, 0.25) is 0 Å². The maximum Gasteiger partial charge on any atom is 0.338 e. The monoisotopic (exact) mass is 928 g/mol. The Kier molecular flexibility index (Phi) is 13.5. The molecule has 17 heteroatoms. The quantitative estimate of drug-likeness (QED) is 0.0815. The van der Waals surface area contributed by atoms with E-state index in [1.54, 1.807) is 106 Å². The first kappa shape index (κ1) is 48.5. The second-order valence-corrected chi connectivity index (χ2v) is 18.9. The Morgan fingerprint density at radius 3 is 2.02 bits per heavy atom. The minimum atomic E-state index is -2.51. The summed E-state index contributed by atoms with van der Waals surface area (Å²) in [6.07, 6.45) is -8.57. The number of ketones is 1. The summed E-state index contributed by atoms with van der Waals surface area (Å²) in [5.41, 5.74) is -2.10. The molecule has 4 aliphatic rings. The number of aliphatic hydroxyl groups is 2. The minimum Gasteiger partial charge on any atom is -0.456 e. The fourth-order valence-electron chi connectivity index (χ4n) is 10.7. The second-order valence-electron chi connectivity index (χ2n) is 18.1. The van der Waals surface area contributed by atoms with Crippen LogP contribution in [0.15, 0.2) is 102 Å². The van der Waals surface area contributed by atoms with E-state index in [0.717, 1.165) is 13.8 Å². The third-order valence-corrected chi connectivity index (χ3v) is 14.6. The number of rotatable bonds is 13. The Hall–Kier alpha value is -5.43. The molecule has 16 nitrogen and oxygen atoms in total. The van der Waals surface area contributed by atoms with Gasteiger partial charge in [0.1, 0.15) is 23.3 Å². The SMILES string of the molecule is CSCO[C@H]1C[C@H]2OC[C@@]2(OC(C)=O)[C@@]2(N)[C@H](OC(=O)c3ccccc3)[C@]3(O)C[C@H](OC(=O)[C@H](O)[C@@H](NC(=O)c4ccccc4)c4ccccc4)C(C)=C([C@@H](OC(C)=O)C(=O)[C@]12C)C3(C)C. The second kappa shape index (κ2) is 18.3. The average Bonchev–Trinajstić information content (AvgIpc) is 3.29. The number of ether oxygens (including phenoxy) is 6. The van der Waals surface area contributed by atoms with Crippen LogP contribution in [0.1, 0.15) is 86.7 Å². The molecule has 2 bridgehead atoms. The molecule has 0 radical (unpaired) electrons. The van der Waals surface area contributed by atoms with Gasteiger partial charge in [-0.3, -0.25) is 19.2 Å². The van der Waals surface area contributed by atoms with Gasteiger partial charge >= 0.3 is 23.9 Å². The van der Waals surface area contributed by atoms with Gasteiger partial charge in [-0.05, 0) is 61.1 Å². The molecular formula is C49H56N2O14S. The summed E-state index contributed by atoms with van der Waals surface area (Å²) >= 11 is 1.30. The lowest BCUT2D eigenvalue weighted by molar-refractivity contribution is -0.355. The molecular weight excluding hydrogens is 873 g/mol. The Bertz CT molecular complexity index is 2400. The number of Topliss-reactive ketones (excluding diaryl/α,β-unsaturated/α-hetero) is 1. The van der Waals surface area contributed by atoms with Crippen LogP contribution in [0.2, 0.25) is 0 Å². The van der Waals surface area contributed by atoms with Gasteiger partial charge in [-0.2, -0.15) is 0 Å². The van der Waals surface area contributed by atoms with E-state index in [1.807, 2.05) is 0 Å². The van der Waals surface area contributed by atoms with E-state index < -0.39 is 119 Å². The molecule has 1 aliphatic heterocycles. The molecule has 0 spiro atoms. The highest BCUT2D eigenvalue weighted by atomic mass is 32.2. The Labute approximate surface area is 386 Å². The molecule has 5 N–H and O–H groups in total. The van der Waals surface area contributed by atoms with Crippen LogP contribution in [-0.4, -0.2) is 118 Å². The lowest BCUT2D eigenvalue weighted by atomic mass is 9.41. The van der Waals surface area contributed by atoms with Gasteiger partial charge in [0.05, 0.1) is 35.7 Å². The van der Waals surface area contributed by atoms with E-state index in [9.17, 15) is 34.2 Å². The smallest absolute Gasteiger partial charge is 0.338 e. The topological polar surface area (TPSA) is 236 Å². The van der Waals surface area contributed by atoms with Crippen LogP contribution in [0.25, 0.3) is 0 Å². The average molecular weight is 929 g/mol. The number of carbonyl (C=O) groups is 6. The molecule has 3 aromatic rings. The summed E-state index contributed by atoms with van der Waals surface area (Å²) < 4.78 is 37.4. The van der Waals surface area contributed by atoms with E-state index in [-0.39, 0.29) is 34.6 Å². The number of hydrogen-bond donors (Lipinski definition) is 4. The fraction of sp³-hybridized carbons (Fsp3) is 0.469. The lowest BCUT2D eigenvalue weighted by Gasteiger charge is -2.72. The molecule has 1 saturated heterocycles.